The Morgan fingerprint density at radius 3 is 2.61 bits per heavy atom. The van der Waals surface area contributed by atoms with Crippen LogP contribution in [0.15, 0.2) is 36.5 Å². The number of aryl methyl sites for hydroxylation is 1. The van der Waals surface area contributed by atoms with Gasteiger partial charge in [0.1, 0.15) is 0 Å². The van der Waals surface area contributed by atoms with Crippen LogP contribution in [0.2, 0.25) is 0 Å². The minimum atomic E-state index is -0.0304. The van der Waals surface area contributed by atoms with Crippen LogP contribution in [-0.2, 0) is 6.42 Å². The Morgan fingerprint density at radius 2 is 1.87 bits per heavy atom. The first-order valence-electron chi connectivity index (χ1n) is 7.92. The van der Waals surface area contributed by atoms with Gasteiger partial charge in [0.05, 0.1) is 17.0 Å². The average molecular weight is 305 g/mol. The predicted octanol–water partition coefficient (Wildman–Crippen LogP) is 3.86. The molecule has 0 radical (unpaired) electrons. The van der Waals surface area contributed by atoms with Crippen LogP contribution in [-0.4, -0.2) is 20.4 Å². The van der Waals surface area contributed by atoms with E-state index < -0.39 is 0 Å². The van der Waals surface area contributed by atoms with E-state index >= 15 is 0 Å². The van der Waals surface area contributed by atoms with Gasteiger partial charge in [-0.3, -0.25) is 4.79 Å². The van der Waals surface area contributed by atoms with Crippen LogP contribution in [0, 0.1) is 12.3 Å². The number of rotatable bonds is 1. The van der Waals surface area contributed by atoms with E-state index in [0.29, 0.717) is 6.42 Å². The Balaban J connectivity index is 1.98. The highest BCUT2D eigenvalue weighted by Crippen LogP contribution is 2.35. The lowest BCUT2D eigenvalue weighted by Crippen LogP contribution is -2.28. The Hall–Kier alpha value is -2.49. The molecule has 0 amide bonds. The van der Waals surface area contributed by atoms with E-state index in [1.807, 2.05) is 31.3 Å². The number of hydrogen-bond donors (Lipinski definition) is 0. The standard InChI is InChI=1S/C19H19N3O/c1-12-17(13-7-5-4-6-8-13)18-20-15-9-19(2,3)10-16(23)14(15)11-22(18)21-12/h4-8,11H,9-10H2,1-3H3. The van der Waals surface area contributed by atoms with E-state index in [0.717, 1.165) is 40.1 Å². The molecule has 4 nitrogen and oxygen atoms in total. The van der Waals surface area contributed by atoms with E-state index in [4.69, 9.17) is 4.98 Å². The lowest BCUT2D eigenvalue weighted by molar-refractivity contribution is 0.0909. The van der Waals surface area contributed by atoms with Gasteiger partial charge >= 0.3 is 0 Å². The van der Waals surface area contributed by atoms with Crippen LogP contribution in [0.25, 0.3) is 16.8 Å². The first-order valence-corrected chi connectivity index (χ1v) is 7.92. The summed E-state index contributed by atoms with van der Waals surface area (Å²) in [4.78, 5) is 17.3. The Bertz CT molecular complexity index is 923. The molecule has 0 bridgehead atoms. The van der Waals surface area contributed by atoms with Gasteiger partial charge in [-0.25, -0.2) is 9.50 Å². The molecule has 0 saturated carbocycles. The molecule has 0 unspecified atom stereocenters. The molecule has 0 fully saturated rings. The zero-order chi connectivity index (χ0) is 16.2. The molecule has 1 aliphatic carbocycles. The number of nitrogens with zero attached hydrogens (tertiary/aromatic N) is 3. The van der Waals surface area contributed by atoms with E-state index in [-0.39, 0.29) is 11.2 Å². The Labute approximate surface area is 135 Å². The lowest BCUT2D eigenvalue weighted by Gasteiger charge is -2.29. The molecule has 2 aromatic heterocycles. The highest BCUT2D eigenvalue weighted by Gasteiger charge is 2.33. The largest absolute Gasteiger partial charge is 0.294 e. The summed E-state index contributed by atoms with van der Waals surface area (Å²) in [6, 6.07) is 10.2. The normalized spacial score (nSPS) is 16.6. The van der Waals surface area contributed by atoms with Gasteiger partial charge in [0.25, 0.3) is 0 Å². The number of benzene rings is 1. The maximum atomic E-state index is 12.4. The van der Waals surface area contributed by atoms with Crippen molar-refractivity contribution in [1.29, 1.82) is 0 Å². The maximum Gasteiger partial charge on any atom is 0.166 e. The number of carbonyl (C=O) groups excluding carboxylic acids is 1. The first-order chi connectivity index (χ1) is 10.9. The third-order valence-electron chi connectivity index (χ3n) is 4.51. The van der Waals surface area contributed by atoms with Gasteiger partial charge in [0.2, 0.25) is 0 Å². The highest BCUT2D eigenvalue weighted by molar-refractivity contribution is 5.98. The van der Waals surface area contributed by atoms with E-state index in [1.54, 1.807) is 4.52 Å². The number of aromatic nitrogens is 3. The average Bonchev–Trinajstić information content (AvgIpc) is 2.80. The zero-order valence-corrected chi connectivity index (χ0v) is 13.6. The molecule has 4 rings (SSSR count). The van der Waals surface area contributed by atoms with Gasteiger partial charge in [-0.2, -0.15) is 5.10 Å². The van der Waals surface area contributed by atoms with Gasteiger partial charge in [0, 0.05) is 18.2 Å². The van der Waals surface area contributed by atoms with Crippen molar-refractivity contribution in [2.24, 2.45) is 5.41 Å². The molecule has 0 atom stereocenters. The number of fused-ring (bicyclic) bond motifs is 2. The highest BCUT2D eigenvalue weighted by atomic mass is 16.1. The number of ketones is 1. The summed E-state index contributed by atoms with van der Waals surface area (Å²) >= 11 is 0. The summed E-state index contributed by atoms with van der Waals surface area (Å²) in [7, 11) is 0. The summed E-state index contributed by atoms with van der Waals surface area (Å²) in [6.07, 6.45) is 3.25. The number of carbonyl (C=O) groups is 1. The van der Waals surface area contributed by atoms with E-state index in [1.165, 1.54) is 0 Å². The van der Waals surface area contributed by atoms with E-state index in [9.17, 15) is 4.79 Å². The SMILES string of the molecule is Cc1nn2cc3c(nc2c1-c1ccccc1)CC(C)(C)CC3=O. The minimum absolute atomic E-state index is 0.0304. The van der Waals surface area contributed by atoms with Crippen LogP contribution in [0.4, 0.5) is 0 Å². The van der Waals surface area contributed by atoms with Crippen LogP contribution < -0.4 is 0 Å². The molecule has 1 aliphatic rings. The van der Waals surface area contributed by atoms with Crippen molar-refractivity contribution >= 4 is 11.4 Å². The molecule has 0 spiro atoms. The predicted molar refractivity (Wildman–Crippen MR) is 89.6 cm³/mol. The van der Waals surface area contributed by atoms with Crippen LogP contribution >= 0.6 is 0 Å². The molecule has 3 aromatic rings. The molecule has 0 aliphatic heterocycles. The molecule has 0 N–H and O–H groups in total. The van der Waals surface area contributed by atoms with Crippen LogP contribution in [0.5, 0.6) is 0 Å². The van der Waals surface area contributed by atoms with Gasteiger partial charge in [0.15, 0.2) is 11.4 Å². The second-order valence-corrected chi connectivity index (χ2v) is 7.14. The van der Waals surface area contributed by atoms with E-state index in [2.05, 4.69) is 31.1 Å². The topological polar surface area (TPSA) is 47.3 Å². The third kappa shape index (κ3) is 2.25. The second kappa shape index (κ2) is 4.75. The third-order valence-corrected chi connectivity index (χ3v) is 4.51. The number of Topliss-reactive ketones (excluding diaryl/α,β-unsaturated/α-hetero) is 1. The molecule has 116 valence electrons. The first kappa shape index (κ1) is 14.1. The van der Waals surface area contributed by atoms with Gasteiger partial charge in [-0.05, 0) is 24.3 Å². The molecule has 1 aromatic carbocycles. The van der Waals surface area contributed by atoms with Gasteiger partial charge in [-0.15, -0.1) is 0 Å². The second-order valence-electron chi connectivity index (χ2n) is 7.14. The van der Waals surface area contributed by atoms with Crippen molar-refractivity contribution in [3.8, 4) is 11.1 Å². The summed E-state index contributed by atoms with van der Waals surface area (Å²) in [5, 5.41) is 4.57. The summed E-state index contributed by atoms with van der Waals surface area (Å²) in [6.45, 7) is 6.24. The molecule has 2 heterocycles. The fourth-order valence-electron chi connectivity index (χ4n) is 3.47. The van der Waals surface area contributed by atoms with Crippen molar-refractivity contribution in [3.63, 3.8) is 0 Å². The fraction of sp³-hybridized carbons (Fsp3) is 0.316. The van der Waals surface area contributed by atoms with Gasteiger partial charge < -0.3 is 0 Å². The Kier molecular flexibility index (Phi) is 2.92. The smallest absolute Gasteiger partial charge is 0.166 e. The molecular weight excluding hydrogens is 286 g/mol. The quantitative estimate of drug-likeness (QED) is 0.686. The van der Waals surface area contributed by atoms with Crippen molar-refractivity contribution in [3.05, 3.63) is 53.5 Å². The van der Waals surface area contributed by atoms with Crippen molar-refractivity contribution in [2.75, 3.05) is 0 Å². The minimum Gasteiger partial charge on any atom is -0.294 e. The van der Waals surface area contributed by atoms with Gasteiger partial charge in [-0.1, -0.05) is 44.2 Å². The van der Waals surface area contributed by atoms with Crippen LogP contribution in [0.3, 0.4) is 0 Å². The monoisotopic (exact) mass is 305 g/mol. The molecule has 23 heavy (non-hydrogen) atoms. The molecular formula is C19H19N3O. The summed E-state index contributed by atoms with van der Waals surface area (Å²) in [5.74, 6) is 0.167. The maximum absolute atomic E-state index is 12.4. The zero-order valence-electron chi connectivity index (χ0n) is 13.6. The number of hydrogen-bond acceptors (Lipinski definition) is 3. The molecule has 0 saturated heterocycles. The summed E-state index contributed by atoms with van der Waals surface area (Å²) < 4.78 is 1.76. The lowest BCUT2D eigenvalue weighted by atomic mass is 9.76. The Morgan fingerprint density at radius 1 is 1.13 bits per heavy atom. The van der Waals surface area contributed by atoms with Crippen molar-refractivity contribution in [1.82, 2.24) is 14.6 Å². The van der Waals surface area contributed by atoms with Crippen molar-refractivity contribution in [2.45, 2.75) is 33.6 Å². The summed E-state index contributed by atoms with van der Waals surface area (Å²) in [5.41, 5.74) is 5.50. The molecule has 4 heteroatoms. The van der Waals surface area contributed by atoms with Crippen LogP contribution in [0.1, 0.15) is 42.0 Å². The fourth-order valence-corrected chi connectivity index (χ4v) is 3.47. The van der Waals surface area contributed by atoms with Crippen molar-refractivity contribution < 1.29 is 4.79 Å².